The van der Waals surface area contributed by atoms with E-state index in [0.29, 0.717) is 6.54 Å². The Labute approximate surface area is 138 Å². The summed E-state index contributed by atoms with van der Waals surface area (Å²) in [6, 6.07) is 12.0. The molecule has 1 aliphatic heterocycles. The van der Waals surface area contributed by atoms with Crippen LogP contribution in [0, 0.1) is 11.3 Å². The van der Waals surface area contributed by atoms with Crippen molar-refractivity contribution in [2.24, 2.45) is 0 Å². The Morgan fingerprint density at radius 3 is 2.57 bits per heavy atom. The fourth-order valence-electron chi connectivity index (χ4n) is 2.55. The van der Waals surface area contributed by atoms with Crippen molar-refractivity contribution >= 4 is 5.91 Å². The Kier molecular flexibility index (Phi) is 6.19. The van der Waals surface area contributed by atoms with E-state index in [0.717, 1.165) is 31.7 Å². The number of hydrogen-bond donors (Lipinski definition) is 1. The molecule has 0 aromatic heterocycles. The first-order chi connectivity index (χ1) is 11.1. The highest BCUT2D eigenvalue weighted by molar-refractivity contribution is 5.97. The first-order valence-electron chi connectivity index (χ1n) is 8.03. The summed E-state index contributed by atoms with van der Waals surface area (Å²) in [6.07, 6.45) is 1.71. The van der Waals surface area contributed by atoms with E-state index < -0.39 is 0 Å². The van der Waals surface area contributed by atoms with Gasteiger partial charge in [0.25, 0.3) is 5.91 Å². The summed E-state index contributed by atoms with van der Waals surface area (Å²) in [6.45, 7) is 7.85. The van der Waals surface area contributed by atoms with E-state index in [9.17, 15) is 10.1 Å². The average Bonchev–Trinajstić information content (AvgIpc) is 2.58. The molecule has 1 aromatic rings. The minimum atomic E-state index is -0.204. The van der Waals surface area contributed by atoms with Crippen LogP contribution in [0.3, 0.4) is 0 Å². The van der Waals surface area contributed by atoms with E-state index in [-0.39, 0.29) is 17.5 Å². The third kappa shape index (κ3) is 4.83. The molecule has 0 aliphatic carbocycles. The Bertz CT molecular complexity index is 583. The van der Waals surface area contributed by atoms with Gasteiger partial charge >= 0.3 is 0 Å². The summed E-state index contributed by atoms with van der Waals surface area (Å²) in [7, 11) is 0. The van der Waals surface area contributed by atoms with Crippen LogP contribution in [0.2, 0.25) is 0 Å². The third-order valence-corrected chi connectivity index (χ3v) is 3.89. The van der Waals surface area contributed by atoms with Gasteiger partial charge in [0.1, 0.15) is 11.6 Å². The number of piperazine rings is 1. The van der Waals surface area contributed by atoms with Crippen molar-refractivity contribution in [3.8, 4) is 6.07 Å². The molecule has 122 valence electrons. The lowest BCUT2D eigenvalue weighted by Gasteiger charge is -2.29. The number of hydrogen-bond acceptors (Lipinski definition) is 4. The number of rotatable bonds is 5. The minimum absolute atomic E-state index is 0.0301. The molecule has 1 N–H and O–H groups in total. The molecule has 5 heteroatoms. The first kappa shape index (κ1) is 17.0. The lowest BCUT2D eigenvalue weighted by atomic mass is 10.1. The third-order valence-electron chi connectivity index (χ3n) is 3.89. The molecule has 5 nitrogen and oxygen atoms in total. The van der Waals surface area contributed by atoms with E-state index in [1.54, 1.807) is 11.1 Å². The summed E-state index contributed by atoms with van der Waals surface area (Å²) in [5.74, 6) is -0.204. The second kappa shape index (κ2) is 8.35. The predicted molar refractivity (Wildman–Crippen MR) is 90.3 cm³/mol. The topological polar surface area (TPSA) is 59.4 Å². The van der Waals surface area contributed by atoms with Crippen LogP contribution in [0.1, 0.15) is 19.4 Å². The number of nitrogens with zero attached hydrogens (tertiary/aromatic N) is 3. The molecule has 2 rings (SSSR count). The van der Waals surface area contributed by atoms with Gasteiger partial charge in [0.05, 0.1) is 0 Å². The fraction of sp³-hybridized carbons (Fsp3) is 0.444. The maximum atomic E-state index is 12.8. The van der Waals surface area contributed by atoms with E-state index in [2.05, 4.69) is 11.4 Å². The molecule has 0 saturated carbocycles. The molecule has 0 unspecified atom stereocenters. The van der Waals surface area contributed by atoms with E-state index in [1.165, 1.54) is 0 Å². The van der Waals surface area contributed by atoms with Gasteiger partial charge in [-0.25, -0.2) is 0 Å². The second-order valence-electron chi connectivity index (χ2n) is 5.95. The van der Waals surface area contributed by atoms with E-state index in [4.69, 9.17) is 0 Å². The molecule has 23 heavy (non-hydrogen) atoms. The number of amides is 1. The summed E-state index contributed by atoms with van der Waals surface area (Å²) in [5.41, 5.74) is 1.27. The van der Waals surface area contributed by atoms with Crippen LogP contribution < -0.4 is 5.32 Å². The molecule has 1 fully saturated rings. The molecule has 1 amide bonds. The molecule has 1 heterocycles. The van der Waals surface area contributed by atoms with Crippen molar-refractivity contribution in [1.29, 1.82) is 5.26 Å². The SMILES string of the molecule is CC(C)N(Cc1ccccc1)C(=O)/C(C#N)=C\N1CCNCC1. The Hall–Kier alpha value is -2.32. The van der Waals surface area contributed by atoms with Gasteiger partial charge in [-0.15, -0.1) is 0 Å². The highest BCUT2D eigenvalue weighted by atomic mass is 16.2. The summed E-state index contributed by atoms with van der Waals surface area (Å²) >= 11 is 0. The smallest absolute Gasteiger partial charge is 0.266 e. The van der Waals surface area contributed by atoms with Crippen LogP contribution in [-0.4, -0.2) is 47.9 Å². The lowest BCUT2D eigenvalue weighted by Crippen LogP contribution is -2.42. The van der Waals surface area contributed by atoms with Crippen LogP contribution in [0.15, 0.2) is 42.1 Å². The van der Waals surface area contributed by atoms with Crippen molar-refractivity contribution in [3.63, 3.8) is 0 Å². The van der Waals surface area contributed by atoms with Crippen molar-refractivity contribution in [2.45, 2.75) is 26.4 Å². The monoisotopic (exact) mass is 312 g/mol. The van der Waals surface area contributed by atoms with E-state index >= 15 is 0 Å². The molecule has 0 bridgehead atoms. The largest absolute Gasteiger partial charge is 0.374 e. The van der Waals surface area contributed by atoms with Crippen molar-refractivity contribution < 1.29 is 4.79 Å². The Morgan fingerprint density at radius 2 is 2.00 bits per heavy atom. The van der Waals surface area contributed by atoms with Gasteiger partial charge in [-0.3, -0.25) is 4.79 Å². The average molecular weight is 312 g/mol. The summed E-state index contributed by atoms with van der Waals surface area (Å²) in [5, 5.41) is 12.7. The maximum Gasteiger partial charge on any atom is 0.266 e. The van der Waals surface area contributed by atoms with Gasteiger partial charge < -0.3 is 15.1 Å². The van der Waals surface area contributed by atoms with Crippen molar-refractivity contribution in [2.75, 3.05) is 26.2 Å². The normalized spacial score (nSPS) is 15.4. The van der Waals surface area contributed by atoms with Crippen LogP contribution in [0.25, 0.3) is 0 Å². The fourth-order valence-corrected chi connectivity index (χ4v) is 2.55. The van der Waals surface area contributed by atoms with Gasteiger partial charge in [0.2, 0.25) is 0 Å². The molecular formula is C18H24N4O. The zero-order valence-corrected chi connectivity index (χ0v) is 13.8. The van der Waals surface area contributed by atoms with Crippen LogP contribution >= 0.6 is 0 Å². The number of nitriles is 1. The Balaban J connectivity index is 2.15. The number of benzene rings is 1. The zero-order chi connectivity index (χ0) is 16.7. The number of carbonyl (C=O) groups excluding carboxylic acids is 1. The van der Waals surface area contributed by atoms with Gasteiger partial charge in [-0.2, -0.15) is 5.26 Å². The second-order valence-corrected chi connectivity index (χ2v) is 5.95. The summed E-state index contributed by atoms with van der Waals surface area (Å²) in [4.78, 5) is 16.6. The maximum absolute atomic E-state index is 12.8. The molecule has 0 atom stereocenters. The highest BCUT2D eigenvalue weighted by Gasteiger charge is 2.22. The predicted octanol–water partition coefficient (Wildman–Crippen LogP) is 1.74. The summed E-state index contributed by atoms with van der Waals surface area (Å²) < 4.78 is 0. The molecule has 0 radical (unpaired) electrons. The van der Waals surface area contributed by atoms with Crippen molar-refractivity contribution in [1.82, 2.24) is 15.1 Å². The molecule has 1 aliphatic rings. The molecule has 1 saturated heterocycles. The van der Waals surface area contributed by atoms with Crippen molar-refractivity contribution in [3.05, 3.63) is 47.7 Å². The first-order valence-corrected chi connectivity index (χ1v) is 8.03. The zero-order valence-electron chi connectivity index (χ0n) is 13.8. The lowest BCUT2D eigenvalue weighted by molar-refractivity contribution is -0.129. The minimum Gasteiger partial charge on any atom is -0.374 e. The molecular weight excluding hydrogens is 288 g/mol. The van der Waals surface area contributed by atoms with Gasteiger partial charge in [-0.05, 0) is 19.4 Å². The molecule has 1 aromatic carbocycles. The number of carbonyl (C=O) groups is 1. The van der Waals surface area contributed by atoms with Crippen LogP contribution in [-0.2, 0) is 11.3 Å². The quantitative estimate of drug-likeness (QED) is 0.664. The van der Waals surface area contributed by atoms with Crippen LogP contribution in [0.4, 0.5) is 0 Å². The van der Waals surface area contributed by atoms with Gasteiger partial charge in [0, 0.05) is 45.0 Å². The van der Waals surface area contributed by atoms with Crippen LogP contribution in [0.5, 0.6) is 0 Å². The standard InChI is InChI=1S/C18H24N4O/c1-15(2)22(13-16-6-4-3-5-7-16)18(23)17(12-19)14-21-10-8-20-9-11-21/h3-7,14-15,20H,8-11,13H2,1-2H3/b17-14-. The van der Waals surface area contributed by atoms with E-state index in [1.807, 2.05) is 49.1 Å². The van der Waals surface area contributed by atoms with Gasteiger partial charge in [0.15, 0.2) is 0 Å². The Morgan fingerprint density at radius 1 is 1.35 bits per heavy atom. The van der Waals surface area contributed by atoms with Gasteiger partial charge in [-0.1, -0.05) is 30.3 Å². The highest BCUT2D eigenvalue weighted by Crippen LogP contribution is 2.13. The number of nitrogens with one attached hydrogen (secondary N) is 1. The molecule has 0 spiro atoms.